The second kappa shape index (κ2) is 15.9. The Labute approximate surface area is 334 Å². The quantitative estimate of drug-likeness (QED) is 0.147. The van der Waals surface area contributed by atoms with Crippen molar-refractivity contribution in [2.24, 2.45) is 0 Å². The van der Waals surface area contributed by atoms with E-state index in [1.54, 1.807) is 73.2 Å². The van der Waals surface area contributed by atoms with Crippen LogP contribution in [0.3, 0.4) is 0 Å². The van der Waals surface area contributed by atoms with Crippen LogP contribution in [0.1, 0.15) is 38.8 Å². The minimum atomic E-state index is -0.976. The molecule has 8 rings (SSSR count). The number of hydrogen-bond donors (Lipinski definition) is 2. The number of methoxy groups -OCH3 is 4. The standard InChI is InChI=1S/C22H22N4O3.C21H21N5O3/c1-22(2,27)15-8-9-19-18(11-15)24-13-26(19)16-7-5-6-14(10-16)17-12-23-21(29-4)25-20(17)28-3;1-21(2,27)14-9-17-18(22-10-14)26(12-24-17)15-7-5-6-13(8-15)16-11-23-20(29-4)25-19(16)28-3/h5-13,27H,1-4H3;5-12,27H,1-4H3. The number of aromatic nitrogens is 9. The van der Waals surface area contributed by atoms with Crippen molar-refractivity contribution in [3.8, 4) is 57.4 Å². The Morgan fingerprint density at radius 3 is 1.57 bits per heavy atom. The number of pyridine rings is 1. The molecule has 15 nitrogen and oxygen atoms in total. The summed E-state index contributed by atoms with van der Waals surface area (Å²) in [5.74, 6) is 0.872. The lowest BCUT2D eigenvalue weighted by Gasteiger charge is -2.17. The van der Waals surface area contributed by atoms with Gasteiger partial charge in [0.05, 0.1) is 61.8 Å². The van der Waals surface area contributed by atoms with E-state index in [-0.39, 0.29) is 12.0 Å². The van der Waals surface area contributed by atoms with E-state index in [1.807, 2.05) is 81.9 Å². The highest BCUT2D eigenvalue weighted by molar-refractivity contribution is 5.80. The molecule has 5 heterocycles. The fourth-order valence-corrected chi connectivity index (χ4v) is 6.28. The second-order valence-corrected chi connectivity index (χ2v) is 14.3. The number of rotatable bonds is 10. The highest BCUT2D eigenvalue weighted by atomic mass is 16.5. The first-order valence-corrected chi connectivity index (χ1v) is 18.2. The molecule has 3 aromatic carbocycles. The van der Waals surface area contributed by atoms with Gasteiger partial charge < -0.3 is 29.2 Å². The zero-order chi connectivity index (χ0) is 41.2. The molecule has 0 aliphatic carbocycles. The van der Waals surface area contributed by atoms with Crippen molar-refractivity contribution in [2.45, 2.75) is 38.9 Å². The molecule has 0 aliphatic rings. The van der Waals surface area contributed by atoms with Crippen molar-refractivity contribution in [3.05, 3.63) is 115 Å². The SMILES string of the molecule is COc1ncc(-c2cccc(-n3cnc4cc(C(C)(C)O)ccc43)c2)c(OC)n1.COc1ncc(-c2cccc(-n3cnc4cc(C(C)(C)O)cnc43)c2)c(OC)n1. The topological polar surface area (TPSA) is 177 Å². The summed E-state index contributed by atoms with van der Waals surface area (Å²) in [5.41, 5.74) is 7.97. The predicted octanol–water partition coefficient (Wildman–Crippen LogP) is 6.85. The van der Waals surface area contributed by atoms with Crippen LogP contribution in [-0.4, -0.2) is 82.7 Å². The maximum absolute atomic E-state index is 10.3. The van der Waals surface area contributed by atoms with Crippen molar-refractivity contribution >= 4 is 22.2 Å². The third-order valence-corrected chi connectivity index (χ3v) is 9.43. The lowest BCUT2D eigenvalue weighted by molar-refractivity contribution is 0.0780. The van der Waals surface area contributed by atoms with Crippen molar-refractivity contribution in [1.29, 1.82) is 0 Å². The molecule has 0 unspecified atom stereocenters. The molecule has 58 heavy (non-hydrogen) atoms. The number of benzene rings is 3. The average Bonchev–Trinajstić information content (AvgIpc) is 3.87. The van der Waals surface area contributed by atoms with Crippen LogP contribution in [0.5, 0.6) is 23.8 Å². The predicted molar refractivity (Wildman–Crippen MR) is 219 cm³/mol. The summed E-state index contributed by atoms with van der Waals surface area (Å²) in [4.78, 5) is 30.4. The number of nitrogens with zero attached hydrogens (tertiary/aromatic N) is 9. The van der Waals surface area contributed by atoms with Gasteiger partial charge in [-0.2, -0.15) is 9.97 Å². The van der Waals surface area contributed by atoms with Crippen LogP contribution in [0.25, 0.3) is 55.8 Å². The number of aliphatic hydroxyl groups is 2. The molecule has 0 saturated carbocycles. The molecule has 0 aliphatic heterocycles. The molecule has 0 bridgehead atoms. The van der Waals surface area contributed by atoms with Gasteiger partial charge in [-0.3, -0.25) is 9.13 Å². The summed E-state index contributed by atoms with van der Waals surface area (Å²) in [6.07, 6.45) is 8.52. The third kappa shape index (κ3) is 7.98. The number of ether oxygens (including phenoxy) is 4. The third-order valence-electron chi connectivity index (χ3n) is 9.43. The summed E-state index contributed by atoms with van der Waals surface area (Å²) in [6, 6.07) is 24.0. The maximum Gasteiger partial charge on any atom is 0.319 e. The lowest BCUT2D eigenvalue weighted by Crippen LogP contribution is -2.15. The van der Waals surface area contributed by atoms with E-state index in [9.17, 15) is 10.2 Å². The van der Waals surface area contributed by atoms with Gasteiger partial charge in [0.25, 0.3) is 0 Å². The summed E-state index contributed by atoms with van der Waals surface area (Å²) in [7, 11) is 6.15. The Balaban J connectivity index is 0.000000177. The lowest BCUT2D eigenvalue weighted by atomic mass is 9.98. The normalized spacial score (nSPS) is 11.6. The molecule has 2 N–H and O–H groups in total. The number of imidazole rings is 2. The van der Waals surface area contributed by atoms with Crippen LogP contribution in [0.4, 0.5) is 0 Å². The van der Waals surface area contributed by atoms with Crippen molar-refractivity contribution in [1.82, 2.24) is 44.0 Å². The molecular formula is C43H43N9O6. The zero-order valence-corrected chi connectivity index (χ0v) is 33.4. The Bertz CT molecular complexity index is 2550. The van der Waals surface area contributed by atoms with Crippen LogP contribution in [0, 0.1) is 0 Å². The van der Waals surface area contributed by atoms with E-state index in [1.165, 1.54) is 14.2 Å². The molecule has 8 aromatic rings. The van der Waals surface area contributed by atoms with E-state index in [0.29, 0.717) is 28.5 Å². The van der Waals surface area contributed by atoms with Crippen LogP contribution < -0.4 is 18.9 Å². The monoisotopic (exact) mass is 781 g/mol. The highest BCUT2D eigenvalue weighted by Gasteiger charge is 2.20. The van der Waals surface area contributed by atoms with Gasteiger partial charge in [0, 0.05) is 35.5 Å². The van der Waals surface area contributed by atoms with E-state index in [0.717, 1.165) is 50.2 Å². The fraction of sp³-hybridized carbons (Fsp3) is 0.233. The number of fused-ring (bicyclic) bond motifs is 2. The van der Waals surface area contributed by atoms with Crippen LogP contribution >= 0.6 is 0 Å². The van der Waals surface area contributed by atoms with Gasteiger partial charge >= 0.3 is 12.0 Å². The Kier molecular flexibility index (Phi) is 10.8. The average molecular weight is 782 g/mol. The fourth-order valence-electron chi connectivity index (χ4n) is 6.28. The van der Waals surface area contributed by atoms with Gasteiger partial charge in [0.1, 0.15) is 18.2 Å². The van der Waals surface area contributed by atoms with E-state index in [2.05, 4.69) is 34.9 Å². The Morgan fingerprint density at radius 1 is 0.517 bits per heavy atom. The van der Waals surface area contributed by atoms with Gasteiger partial charge in [-0.15, -0.1) is 0 Å². The molecule has 296 valence electrons. The van der Waals surface area contributed by atoms with E-state index in [4.69, 9.17) is 18.9 Å². The first kappa shape index (κ1) is 39.3. The van der Waals surface area contributed by atoms with Gasteiger partial charge in [0.15, 0.2) is 5.65 Å². The van der Waals surface area contributed by atoms with Crippen molar-refractivity contribution in [3.63, 3.8) is 0 Å². The minimum Gasteiger partial charge on any atom is -0.480 e. The van der Waals surface area contributed by atoms with Crippen LogP contribution in [0.15, 0.2) is 104 Å². The number of hydrogen-bond acceptors (Lipinski definition) is 13. The smallest absolute Gasteiger partial charge is 0.319 e. The van der Waals surface area contributed by atoms with E-state index < -0.39 is 11.2 Å². The van der Waals surface area contributed by atoms with Crippen LogP contribution in [0.2, 0.25) is 0 Å². The first-order chi connectivity index (χ1) is 27.8. The molecule has 0 radical (unpaired) electrons. The Morgan fingerprint density at radius 2 is 1.03 bits per heavy atom. The Hall–Kier alpha value is -6.97. The highest BCUT2D eigenvalue weighted by Crippen LogP contribution is 2.33. The molecule has 0 atom stereocenters. The summed E-state index contributed by atoms with van der Waals surface area (Å²) < 4.78 is 24.9. The van der Waals surface area contributed by atoms with E-state index >= 15 is 0 Å². The van der Waals surface area contributed by atoms with Gasteiger partial charge in [-0.1, -0.05) is 30.3 Å². The van der Waals surface area contributed by atoms with Gasteiger partial charge in [-0.05, 0) is 86.8 Å². The molecule has 0 spiro atoms. The van der Waals surface area contributed by atoms with Gasteiger partial charge in [-0.25, -0.2) is 24.9 Å². The summed E-state index contributed by atoms with van der Waals surface area (Å²) in [5, 5.41) is 20.5. The minimum absolute atomic E-state index is 0.245. The molecular weight excluding hydrogens is 739 g/mol. The molecule has 5 aromatic heterocycles. The molecule has 0 fully saturated rings. The first-order valence-electron chi connectivity index (χ1n) is 18.2. The van der Waals surface area contributed by atoms with Gasteiger partial charge in [0.2, 0.25) is 11.8 Å². The summed E-state index contributed by atoms with van der Waals surface area (Å²) >= 11 is 0. The molecule has 0 saturated heterocycles. The largest absolute Gasteiger partial charge is 0.480 e. The second-order valence-electron chi connectivity index (χ2n) is 14.3. The molecule has 0 amide bonds. The molecule has 15 heteroatoms. The van der Waals surface area contributed by atoms with Crippen molar-refractivity contribution in [2.75, 3.05) is 28.4 Å². The van der Waals surface area contributed by atoms with Crippen LogP contribution in [-0.2, 0) is 11.2 Å². The summed E-state index contributed by atoms with van der Waals surface area (Å²) in [6.45, 7) is 6.97. The van der Waals surface area contributed by atoms with Crippen molar-refractivity contribution < 1.29 is 29.2 Å². The maximum atomic E-state index is 10.3. The zero-order valence-electron chi connectivity index (χ0n) is 33.4.